The highest BCUT2D eigenvalue weighted by Crippen LogP contribution is 2.24. The number of anilines is 1. The summed E-state index contributed by atoms with van der Waals surface area (Å²) in [6.07, 6.45) is 2.30. The maximum Gasteiger partial charge on any atom is 0.257 e. The van der Waals surface area contributed by atoms with Gasteiger partial charge in [0, 0.05) is 31.2 Å². The molecule has 9 heteroatoms. The van der Waals surface area contributed by atoms with Crippen LogP contribution in [0.25, 0.3) is 5.69 Å². The fraction of sp³-hybridized carbons (Fsp3) is 0.348. The molecule has 0 unspecified atom stereocenters. The SMILES string of the molecule is CCc1c(C(=O)N2CCN(c3nnc(C)c(C)c3C#N)CC2)cnn1-c1cccc(Cl)c1. The van der Waals surface area contributed by atoms with Crippen molar-refractivity contribution in [1.29, 1.82) is 5.26 Å². The van der Waals surface area contributed by atoms with E-state index in [4.69, 9.17) is 11.6 Å². The largest absolute Gasteiger partial charge is 0.350 e. The van der Waals surface area contributed by atoms with Crippen molar-refractivity contribution >= 4 is 23.3 Å². The molecule has 0 aliphatic carbocycles. The summed E-state index contributed by atoms with van der Waals surface area (Å²) in [4.78, 5) is 17.2. The minimum absolute atomic E-state index is 0.0403. The Morgan fingerprint density at radius 3 is 2.59 bits per heavy atom. The maximum absolute atomic E-state index is 13.3. The standard InChI is InChI=1S/C23H24ClN7O/c1-4-21-20(14-26-31(21)18-7-5-6-17(24)12-18)23(32)30-10-8-29(9-11-30)22-19(13-25)15(2)16(3)27-28-22/h5-7,12,14H,4,8-11H2,1-3H3. The van der Waals surface area contributed by atoms with Gasteiger partial charge in [-0.15, -0.1) is 5.10 Å². The van der Waals surface area contributed by atoms with Crippen molar-refractivity contribution in [3.63, 3.8) is 0 Å². The van der Waals surface area contributed by atoms with Crippen molar-refractivity contribution in [2.45, 2.75) is 27.2 Å². The summed E-state index contributed by atoms with van der Waals surface area (Å²) in [5.41, 5.74) is 4.43. The van der Waals surface area contributed by atoms with Gasteiger partial charge in [-0.3, -0.25) is 4.79 Å². The highest BCUT2D eigenvalue weighted by atomic mass is 35.5. The lowest BCUT2D eigenvalue weighted by molar-refractivity contribution is 0.0745. The van der Waals surface area contributed by atoms with Gasteiger partial charge in [0.25, 0.3) is 5.91 Å². The van der Waals surface area contributed by atoms with E-state index >= 15 is 0 Å². The number of amides is 1. The molecule has 0 saturated carbocycles. The molecular formula is C23H24ClN7O. The number of hydrogen-bond donors (Lipinski definition) is 0. The van der Waals surface area contributed by atoms with Crippen molar-refractivity contribution in [3.05, 3.63) is 63.6 Å². The van der Waals surface area contributed by atoms with Gasteiger partial charge in [-0.25, -0.2) is 4.68 Å². The highest BCUT2D eigenvalue weighted by Gasteiger charge is 2.28. The molecule has 32 heavy (non-hydrogen) atoms. The molecule has 0 bridgehead atoms. The number of carbonyl (C=O) groups excluding carboxylic acids is 1. The first kappa shape index (κ1) is 21.8. The number of nitrogens with zero attached hydrogens (tertiary/aromatic N) is 7. The van der Waals surface area contributed by atoms with Crippen LogP contribution in [0, 0.1) is 25.2 Å². The van der Waals surface area contributed by atoms with E-state index in [-0.39, 0.29) is 5.91 Å². The number of aryl methyl sites for hydroxylation is 1. The van der Waals surface area contributed by atoms with Gasteiger partial charge >= 0.3 is 0 Å². The molecule has 164 valence electrons. The fourth-order valence-electron chi connectivity index (χ4n) is 3.97. The summed E-state index contributed by atoms with van der Waals surface area (Å²) in [5, 5.41) is 23.1. The summed E-state index contributed by atoms with van der Waals surface area (Å²) in [7, 11) is 0. The Bertz CT molecular complexity index is 1210. The molecule has 1 aliphatic heterocycles. The van der Waals surface area contributed by atoms with Crippen LogP contribution < -0.4 is 4.90 Å². The molecular weight excluding hydrogens is 426 g/mol. The number of benzene rings is 1. The van der Waals surface area contributed by atoms with Gasteiger partial charge in [0.1, 0.15) is 11.6 Å². The van der Waals surface area contributed by atoms with E-state index in [1.807, 2.05) is 54.8 Å². The lowest BCUT2D eigenvalue weighted by atomic mass is 10.1. The molecule has 1 aromatic carbocycles. The van der Waals surface area contributed by atoms with Gasteiger partial charge in [-0.1, -0.05) is 24.6 Å². The van der Waals surface area contributed by atoms with E-state index in [9.17, 15) is 10.1 Å². The Morgan fingerprint density at radius 2 is 1.94 bits per heavy atom. The second-order valence-electron chi connectivity index (χ2n) is 7.75. The third-order valence-electron chi connectivity index (χ3n) is 5.90. The minimum Gasteiger partial charge on any atom is -0.350 e. The fourth-order valence-corrected chi connectivity index (χ4v) is 4.15. The first-order chi connectivity index (χ1) is 15.4. The van der Waals surface area contributed by atoms with Crippen LogP contribution >= 0.6 is 11.6 Å². The van der Waals surface area contributed by atoms with Gasteiger partial charge in [0.15, 0.2) is 5.82 Å². The summed E-state index contributed by atoms with van der Waals surface area (Å²) in [6.45, 7) is 7.97. The zero-order valence-electron chi connectivity index (χ0n) is 18.3. The first-order valence-electron chi connectivity index (χ1n) is 10.6. The van der Waals surface area contributed by atoms with Gasteiger partial charge in [-0.2, -0.15) is 15.5 Å². The van der Waals surface area contributed by atoms with E-state index in [1.165, 1.54) is 0 Å². The van der Waals surface area contributed by atoms with E-state index < -0.39 is 0 Å². The molecule has 2 aromatic heterocycles. The summed E-state index contributed by atoms with van der Waals surface area (Å²) < 4.78 is 1.78. The normalized spacial score (nSPS) is 13.8. The van der Waals surface area contributed by atoms with Gasteiger partial charge < -0.3 is 9.80 Å². The van der Waals surface area contributed by atoms with E-state index in [0.717, 1.165) is 22.6 Å². The predicted octanol–water partition coefficient (Wildman–Crippen LogP) is 3.33. The third kappa shape index (κ3) is 3.92. The lowest BCUT2D eigenvalue weighted by Crippen LogP contribution is -2.49. The van der Waals surface area contributed by atoms with Crippen molar-refractivity contribution in [2.75, 3.05) is 31.1 Å². The molecule has 8 nitrogen and oxygen atoms in total. The Labute approximate surface area is 192 Å². The van der Waals surface area contributed by atoms with Crippen LogP contribution in [-0.2, 0) is 6.42 Å². The van der Waals surface area contributed by atoms with Crippen LogP contribution in [0.2, 0.25) is 5.02 Å². The molecule has 1 saturated heterocycles. The summed E-state index contributed by atoms with van der Waals surface area (Å²) in [5.74, 6) is 0.548. The van der Waals surface area contributed by atoms with Crippen molar-refractivity contribution in [3.8, 4) is 11.8 Å². The van der Waals surface area contributed by atoms with Crippen LogP contribution in [0.1, 0.15) is 39.8 Å². The van der Waals surface area contributed by atoms with Gasteiger partial charge in [0.2, 0.25) is 0 Å². The topological polar surface area (TPSA) is 90.9 Å². The highest BCUT2D eigenvalue weighted by molar-refractivity contribution is 6.30. The number of nitriles is 1. The number of hydrogen-bond acceptors (Lipinski definition) is 6. The summed E-state index contributed by atoms with van der Waals surface area (Å²) >= 11 is 6.13. The lowest BCUT2D eigenvalue weighted by Gasteiger charge is -2.35. The van der Waals surface area contributed by atoms with E-state index in [0.29, 0.717) is 54.6 Å². The van der Waals surface area contributed by atoms with Crippen molar-refractivity contribution in [1.82, 2.24) is 24.9 Å². The van der Waals surface area contributed by atoms with Crippen LogP contribution in [0.15, 0.2) is 30.5 Å². The molecule has 1 amide bonds. The minimum atomic E-state index is -0.0403. The Hall–Kier alpha value is -3.44. The number of carbonyl (C=O) groups is 1. The quantitative estimate of drug-likeness (QED) is 0.606. The molecule has 0 radical (unpaired) electrons. The van der Waals surface area contributed by atoms with Crippen molar-refractivity contribution < 1.29 is 4.79 Å². The van der Waals surface area contributed by atoms with E-state index in [1.54, 1.807) is 10.9 Å². The van der Waals surface area contributed by atoms with E-state index in [2.05, 4.69) is 21.4 Å². The van der Waals surface area contributed by atoms with Crippen LogP contribution in [-0.4, -0.2) is 57.0 Å². The van der Waals surface area contributed by atoms with Crippen LogP contribution in [0.4, 0.5) is 5.82 Å². The van der Waals surface area contributed by atoms with Crippen LogP contribution in [0.5, 0.6) is 0 Å². The molecule has 0 N–H and O–H groups in total. The molecule has 1 fully saturated rings. The van der Waals surface area contributed by atoms with Crippen molar-refractivity contribution in [2.24, 2.45) is 0 Å². The molecule has 0 spiro atoms. The molecule has 1 aliphatic rings. The number of piperazine rings is 1. The number of rotatable bonds is 4. The second kappa shape index (κ2) is 8.97. The maximum atomic E-state index is 13.3. The first-order valence-corrected chi connectivity index (χ1v) is 10.9. The van der Waals surface area contributed by atoms with Gasteiger partial charge in [0.05, 0.1) is 28.8 Å². The molecule has 0 atom stereocenters. The summed E-state index contributed by atoms with van der Waals surface area (Å²) in [6, 6.07) is 9.68. The molecule has 3 aromatic rings. The average Bonchev–Trinajstić information content (AvgIpc) is 3.24. The third-order valence-corrected chi connectivity index (χ3v) is 6.14. The average molecular weight is 450 g/mol. The Kier molecular flexibility index (Phi) is 6.10. The predicted molar refractivity (Wildman–Crippen MR) is 122 cm³/mol. The zero-order chi connectivity index (χ0) is 22.8. The van der Waals surface area contributed by atoms with Gasteiger partial charge in [-0.05, 0) is 44.0 Å². The monoisotopic (exact) mass is 449 g/mol. The molecule has 3 heterocycles. The number of aromatic nitrogens is 4. The van der Waals surface area contributed by atoms with Crippen LogP contribution in [0.3, 0.4) is 0 Å². The Balaban J connectivity index is 1.53. The smallest absolute Gasteiger partial charge is 0.257 e. The second-order valence-corrected chi connectivity index (χ2v) is 8.19. The Morgan fingerprint density at radius 1 is 1.19 bits per heavy atom. The number of halogens is 1. The molecule has 4 rings (SSSR count). The zero-order valence-corrected chi connectivity index (χ0v) is 19.1.